The molecule has 3 atom stereocenters. The molecule has 0 spiro atoms. The lowest BCUT2D eigenvalue weighted by molar-refractivity contribution is -0.158. The number of amides is 2. The quantitative estimate of drug-likeness (QED) is 0.338. The molecular formula is C20H23NO5. The SMILES string of the molecule is Cc1ccc(OCCOC(=O)[C@@H](C)N2C(=O)C3CC=CCC3C2=O)cc1. The van der Waals surface area contributed by atoms with Gasteiger partial charge in [0.05, 0.1) is 11.8 Å². The van der Waals surface area contributed by atoms with Crippen LogP contribution in [0.25, 0.3) is 0 Å². The fraction of sp³-hybridized carbons (Fsp3) is 0.450. The van der Waals surface area contributed by atoms with Crippen molar-refractivity contribution in [3.05, 3.63) is 42.0 Å². The number of ether oxygens (including phenoxy) is 2. The van der Waals surface area contributed by atoms with Crippen LogP contribution in [0.4, 0.5) is 0 Å². The zero-order valence-corrected chi connectivity index (χ0v) is 15.0. The molecule has 1 aliphatic heterocycles. The summed E-state index contributed by atoms with van der Waals surface area (Å²) in [7, 11) is 0. The van der Waals surface area contributed by atoms with E-state index in [1.165, 1.54) is 6.92 Å². The number of esters is 1. The van der Waals surface area contributed by atoms with Crippen LogP contribution >= 0.6 is 0 Å². The Bertz CT molecular complexity index is 698. The van der Waals surface area contributed by atoms with E-state index in [9.17, 15) is 14.4 Å². The standard InChI is InChI=1S/C20H23NO5/c1-13-7-9-15(10-8-13)25-11-12-26-20(24)14(2)21-18(22)16-5-3-4-6-17(16)19(21)23/h3-4,7-10,14,16-17H,5-6,11-12H2,1-2H3/t14-,16?,17?/m1/s1. The maximum absolute atomic E-state index is 12.5. The van der Waals surface area contributed by atoms with Crippen molar-refractivity contribution in [2.45, 2.75) is 32.7 Å². The van der Waals surface area contributed by atoms with Gasteiger partial charge >= 0.3 is 5.97 Å². The van der Waals surface area contributed by atoms with Gasteiger partial charge in [-0.25, -0.2) is 4.79 Å². The summed E-state index contributed by atoms with van der Waals surface area (Å²) in [6, 6.07) is 6.64. The number of carbonyl (C=O) groups is 3. The molecule has 26 heavy (non-hydrogen) atoms. The molecule has 0 saturated carbocycles. The molecule has 1 saturated heterocycles. The van der Waals surface area contributed by atoms with E-state index < -0.39 is 12.0 Å². The summed E-state index contributed by atoms with van der Waals surface area (Å²) in [5.41, 5.74) is 1.13. The van der Waals surface area contributed by atoms with Crippen LogP contribution in [0.15, 0.2) is 36.4 Å². The molecular weight excluding hydrogens is 334 g/mol. The number of nitrogens with zero attached hydrogens (tertiary/aromatic N) is 1. The number of fused-ring (bicyclic) bond motifs is 1. The first-order valence-corrected chi connectivity index (χ1v) is 8.87. The van der Waals surface area contributed by atoms with Crippen LogP contribution in [0, 0.1) is 18.8 Å². The van der Waals surface area contributed by atoms with Crippen molar-refractivity contribution < 1.29 is 23.9 Å². The molecule has 1 heterocycles. The van der Waals surface area contributed by atoms with Gasteiger partial charge in [0.2, 0.25) is 11.8 Å². The summed E-state index contributed by atoms with van der Waals surface area (Å²) in [5, 5.41) is 0. The predicted molar refractivity (Wildman–Crippen MR) is 94.3 cm³/mol. The Labute approximate surface area is 152 Å². The van der Waals surface area contributed by atoms with Crippen LogP contribution < -0.4 is 4.74 Å². The van der Waals surface area contributed by atoms with Crippen LogP contribution in [0.3, 0.4) is 0 Å². The summed E-state index contributed by atoms with van der Waals surface area (Å²) in [5.74, 6) is -1.12. The molecule has 1 aromatic carbocycles. The second kappa shape index (κ2) is 7.72. The summed E-state index contributed by atoms with van der Waals surface area (Å²) in [6.45, 7) is 3.78. The average Bonchev–Trinajstić information content (AvgIpc) is 2.90. The van der Waals surface area contributed by atoms with Gasteiger partial charge in [0.25, 0.3) is 0 Å². The molecule has 0 N–H and O–H groups in total. The topological polar surface area (TPSA) is 72.9 Å². The third kappa shape index (κ3) is 3.64. The first-order valence-electron chi connectivity index (χ1n) is 8.87. The average molecular weight is 357 g/mol. The van der Waals surface area contributed by atoms with Crippen molar-refractivity contribution >= 4 is 17.8 Å². The first-order chi connectivity index (χ1) is 12.5. The molecule has 138 valence electrons. The number of likely N-dealkylation sites (tertiary alicyclic amines) is 1. The van der Waals surface area contributed by atoms with E-state index in [0.717, 1.165) is 10.5 Å². The Hall–Kier alpha value is -2.63. The molecule has 0 bridgehead atoms. The third-order valence-electron chi connectivity index (χ3n) is 4.89. The van der Waals surface area contributed by atoms with Crippen LogP contribution in [-0.4, -0.2) is 41.9 Å². The zero-order valence-electron chi connectivity index (χ0n) is 15.0. The van der Waals surface area contributed by atoms with Crippen LogP contribution in [0.2, 0.25) is 0 Å². The second-order valence-corrected chi connectivity index (χ2v) is 6.71. The largest absolute Gasteiger partial charge is 0.490 e. The summed E-state index contributed by atoms with van der Waals surface area (Å²) < 4.78 is 10.7. The van der Waals surface area contributed by atoms with Gasteiger partial charge < -0.3 is 9.47 Å². The number of aryl methyl sites for hydroxylation is 1. The van der Waals surface area contributed by atoms with Gasteiger partial charge in [-0.2, -0.15) is 0 Å². The minimum Gasteiger partial charge on any atom is -0.490 e. The van der Waals surface area contributed by atoms with Gasteiger partial charge in [-0.05, 0) is 38.8 Å². The minimum atomic E-state index is -0.917. The maximum Gasteiger partial charge on any atom is 0.329 e. The van der Waals surface area contributed by atoms with Gasteiger partial charge in [-0.3, -0.25) is 14.5 Å². The lowest BCUT2D eigenvalue weighted by atomic mass is 9.85. The molecule has 1 aromatic rings. The van der Waals surface area contributed by atoms with Gasteiger partial charge in [0.15, 0.2) is 0 Å². The van der Waals surface area contributed by atoms with Gasteiger partial charge in [0, 0.05) is 0 Å². The minimum absolute atomic E-state index is 0.0572. The molecule has 0 aromatic heterocycles. The summed E-state index contributed by atoms with van der Waals surface area (Å²) >= 11 is 0. The molecule has 3 rings (SSSR count). The van der Waals surface area contributed by atoms with Crippen LogP contribution in [0.1, 0.15) is 25.3 Å². The van der Waals surface area contributed by atoms with Gasteiger partial charge in [0.1, 0.15) is 25.0 Å². The van der Waals surface area contributed by atoms with E-state index in [-0.39, 0.29) is 36.9 Å². The van der Waals surface area contributed by atoms with E-state index in [4.69, 9.17) is 9.47 Å². The van der Waals surface area contributed by atoms with E-state index in [2.05, 4.69) is 0 Å². The first kappa shape index (κ1) is 18.2. The van der Waals surface area contributed by atoms with E-state index in [0.29, 0.717) is 18.6 Å². The fourth-order valence-electron chi connectivity index (χ4n) is 3.37. The normalized spacial score (nSPS) is 22.9. The number of rotatable bonds is 6. The van der Waals surface area contributed by atoms with Gasteiger partial charge in [-0.1, -0.05) is 29.8 Å². The van der Waals surface area contributed by atoms with E-state index in [1.54, 1.807) is 0 Å². The molecule has 6 heteroatoms. The Morgan fingerprint density at radius 3 is 2.23 bits per heavy atom. The monoisotopic (exact) mass is 357 g/mol. The van der Waals surface area contributed by atoms with Crippen molar-refractivity contribution in [3.63, 3.8) is 0 Å². The van der Waals surface area contributed by atoms with Crippen molar-refractivity contribution in [1.29, 1.82) is 0 Å². The summed E-state index contributed by atoms with van der Waals surface area (Å²) in [6.07, 6.45) is 4.94. The van der Waals surface area contributed by atoms with Crippen molar-refractivity contribution in [2.75, 3.05) is 13.2 Å². The molecule has 1 fully saturated rings. The van der Waals surface area contributed by atoms with Crippen LogP contribution in [-0.2, 0) is 19.1 Å². The van der Waals surface area contributed by atoms with Crippen molar-refractivity contribution in [2.24, 2.45) is 11.8 Å². The second-order valence-electron chi connectivity index (χ2n) is 6.71. The molecule has 0 radical (unpaired) electrons. The molecule has 6 nitrogen and oxygen atoms in total. The zero-order chi connectivity index (χ0) is 18.7. The summed E-state index contributed by atoms with van der Waals surface area (Å²) in [4.78, 5) is 38.3. The Balaban J connectivity index is 1.49. The number of hydrogen-bond donors (Lipinski definition) is 0. The van der Waals surface area contributed by atoms with Crippen LogP contribution in [0.5, 0.6) is 5.75 Å². The highest BCUT2D eigenvalue weighted by Crippen LogP contribution is 2.36. The van der Waals surface area contributed by atoms with E-state index >= 15 is 0 Å². The molecule has 2 unspecified atom stereocenters. The number of carbonyl (C=O) groups excluding carboxylic acids is 3. The fourth-order valence-corrected chi connectivity index (χ4v) is 3.37. The highest BCUT2D eigenvalue weighted by Gasteiger charge is 2.50. The van der Waals surface area contributed by atoms with Gasteiger partial charge in [-0.15, -0.1) is 0 Å². The number of hydrogen-bond acceptors (Lipinski definition) is 5. The van der Waals surface area contributed by atoms with Crippen molar-refractivity contribution in [1.82, 2.24) is 4.90 Å². The van der Waals surface area contributed by atoms with Crippen molar-refractivity contribution in [3.8, 4) is 5.75 Å². The smallest absolute Gasteiger partial charge is 0.329 e. The van der Waals surface area contributed by atoms with E-state index in [1.807, 2.05) is 43.3 Å². The lowest BCUT2D eigenvalue weighted by Crippen LogP contribution is -2.44. The Kier molecular flexibility index (Phi) is 5.40. The number of allylic oxidation sites excluding steroid dienone is 2. The Morgan fingerprint density at radius 2 is 1.65 bits per heavy atom. The number of imide groups is 1. The molecule has 2 amide bonds. The maximum atomic E-state index is 12.5. The number of benzene rings is 1. The molecule has 1 aliphatic carbocycles. The highest BCUT2D eigenvalue weighted by atomic mass is 16.6. The molecule has 2 aliphatic rings. The highest BCUT2D eigenvalue weighted by molar-refractivity contribution is 6.08. The Morgan fingerprint density at radius 1 is 1.08 bits per heavy atom. The lowest BCUT2D eigenvalue weighted by Gasteiger charge is -2.21. The predicted octanol–water partition coefficient (Wildman–Crippen LogP) is 2.26. The third-order valence-corrected chi connectivity index (χ3v) is 4.89.